The fourth-order valence-corrected chi connectivity index (χ4v) is 10.5. The Bertz CT molecular complexity index is 704. The largest absolute Gasteiger partial charge is 0.391 e. The average molecular weight is 459 g/mol. The van der Waals surface area contributed by atoms with Gasteiger partial charge in [0.15, 0.2) is 0 Å². The molecule has 4 heteroatoms. The summed E-state index contributed by atoms with van der Waals surface area (Å²) in [6, 6.07) is 0.785. The fraction of sp³-hybridized carbons (Fsp3) is 1.00. The van der Waals surface area contributed by atoms with Gasteiger partial charge in [-0.05, 0) is 131 Å². The second kappa shape index (κ2) is 8.75. The van der Waals surface area contributed by atoms with Crippen molar-refractivity contribution in [3.63, 3.8) is 0 Å². The van der Waals surface area contributed by atoms with Crippen molar-refractivity contribution in [1.82, 2.24) is 9.80 Å². The molecule has 2 saturated heterocycles. The Kier molecular flexibility index (Phi) is 6.16. The van der Waals surface area contributed by atoms with Gasteiger partial charge in [0.25, 0.3) is 0 Å². The van der Waals surface area contributed by atoms with E-state index in [-0.39, 0.29) is 17.6 Å². The van der Waals surface area contributed by atoms with Crippen LogP contribution in [0.25, 0.3) is 0 Å². The van der Waals surface area contributed by atoms with Gasteiger partial charge in [0, 0.05) is 12.1 Å². The highest BCUT2D eigenvalue weighted by molar-refractivity contribution is 5.14. The lowest BCUT2D eigenvalue weighted by Crippen LogP contribution is -2.60. The maximum absolute atomic E-state index is 11.6. The molecular weight excluding hydrogens is 408 g/mol. The number of aliphatic hydroxyl groups is 2. The molecule has 33 heavy (non-hydrogen) atoms. The summed E-state index contributed by atoms with van der Waals surface area (Å²) in [7, 11) is 0. The predicted molar refractivity (Wildman–Crippen MR) is 133 cm³/mol. The van der Waals surface area contributed by atoms with Crippen LogP contribution in [0.1, 0.15) is 97.3 Å². The van der Waals surface area contributed by atoms with Crippen molar-refractivity contribution in [2.24, 2.45) is 34.5 Å². The summed E-state index contributed by atoms with van der Waals surface area (Å²) in [4.78, 5) is 5.33. The number of fused-ring (bicyclic) bond motifs is 5. The molecule has 0 aromatic rings. The molecule has 4 aliphatic carbocycles. The van der Waals surface area contributed by atoms with Gasteiger partial charge < -0.3 is 10.2 Å². The first-order chi connectivity index (χ1) is 15.9. The summed E-state index contributed by atoms with van der Waals surface area (Å²) >= 11 is 0. The van der Waals surface area contributed by atoms with E-state index in [0.29, 0.717) is 29.3 Å². The minimum Gasteiger partial charge on any atom is -0.391 e. The molecule has 2 aliphatic heterocycles. The first-order valence-electron chi connectivity index (χ1n) is 14.8. The predicted octanol–water partition coefficient (Wildman–Crippen LogP) is 4.68. The molecule has 6 rings (SSSR count). The van der Waals surface area contributed by atoms with E-state index in [0.717, 1.165) is 18.3 Å². The summed E-state index contributed by atoms with van der Waals surface area (Å²) in [6.07, 6.45) is 16.4. The number of likely N-dealkylation sites (tertiary alicyclic amines) is 2. The average Bonchev–Trinajstić information content (AvgIpc) is 3.11. The molecule has 0 aromatic carbocycles. The Balaban J connectivity index is 1.24. The second-order valence-electron chi connectivity index (χ2n) is 13.7. The summed E-state index contributed by atoms with van der Waals surface area (Å²) in [5.41, 5.74) is 0.493. The monoisotopic (exact) mass is 458 g/mol. The van der Waals surface area contributed by atoms with Crippen molar-refractivity contribution in [3.05, 3.63) is 0 Å². The third kappa shape index (κ3) is 3.67. The van der Waals surface area contributed by atoms with Crippen LogP contribution in [0, 0.1) is 34.5 Å². The molecule has 10 atom stereocenters. The lowest BCUT2D eigenvalue weighted by Gasteiger charge is -2.62. The van der Waals surface area contributed by atoms with Gasteiger partial charge in [0.1, 0.15) is 0 Å². The standard InChI is InChI=1S/C29H50N2O2/c1-28-12-11-22-21(23(28)18-24(27(28)33)30-13-5-3-6-14-30)10-9-20-17-26(32)25(19-29(20,22)2)31-15-7-4-8-16-31/h20-27,32-33H,3-19H2,1-2H3/t20-,21+,22-,23-,24-,25-,26+,27-,28-,29-/m0/s1. The van der Waals surface area contributed by atoms with Gasteiger partial charge in [-0.25, -0.2) is 0 Å². The highest BCUT2D eigenvalue weighted by Crippen LogP contribution is 2.66. The Hall–Kier alpha value is -0.160. The molecule has 0 unspecified atom stereocenters. The molecule has 6 fully saturated rings. The summed E-state index contributed by atoms with van der Waals surface area (Å²) in [5, 5.41) is 22.8. The van der Waals surface area contributed by atoms with Gasteiger partial charge in [-0.3, -0.25) is 9.80 Å². The lowest BCUT2D eigenvalue weighted by molar-refractivity contribution is -0.154. The highest BCUT2D eigenvalue weighted by Gasteiger charge is 2.63. The van der Waals surface area contributed by atoms with Crippen LogP contribution in [-0.2, 0) is 0 Å². The van der Waals surface area contributed by atoms with Gasteiger partial charge in [-0.15, -0.1) is 0 Å². The van der Waals surface area contributed by atoms with Crippen LogP contribution >= 0.6 is 0 Å². The van der Waals surface area contributed by atoms with E-state index in [4.69, 9.17) is 0 Å². The van der Waals surface area contributed by atoms with Crippen molar-refractivity contribution >= 4 is 0 Å². The van der Waals surface area contributed by atoms with Crippen LogP contribution in [-0.4, -0.2) is 70.5 Å². The first-order valence-corrected chi connectivity index (χ1v) is 14.8. The van der Waals surface area contributed by atoms with Crippen LogP contribution in [0.15, 0.2) is 0 Å². The van der Waals surface area contributed by atoms with Crippen LogP contribution in [0.5, 0.6) is 0 Å². The Morgan fingerprint density at radius 3 is 1.97 bits per heavy atom. The topological polar surface area (TPSA) is 46.9 Å². The Morgan fingerprint density at radius 2 is 1.30 bits per heavy atom. The smallest absolute Gasteiger partial charge is 0.0751 e. The van der Waals surface area contributed by atoms with Crippen molar-refractivity contribution < 1.29 is 10.2 Å². The van der Waals surface area contributed by atoms with E-state index < -0.39 is 0 Å². The Morgan fingerprint density at radius 1 is 0.667 bits per heavy atom. The van der Waals surface area contributed by atoms with E-state index in [2.05, 4.69) is 23.6 Å². The maximum Gasteiger partial charge on any atom is 0.0751 e. The molecular formula is C29H50N2O2. The van der Waals surface area contributed by atoms with Crippen molar-refractivity contribution in [3.8, 4) is 0 Å². The van der Waals surface area contributed by atoms with Crippen LogP contribution < -0.4 is 0 Å². The van der Waals surface area contributed by atoms with Crippen molar-refractivity contribution in [2.45, 2.75) is 122 Å². The molecule has 2 heterocycles. The van der Waals surface area contributed by atoms with E-state index in [1.807, 2.05) is 0 Å². The third-order valence-electron chi connectivity index (χ3n) is 12.4. The van der Waals surface area contributed by atoms with Crippen LogP contribution in [0.4, 0.5) is 0 Å². The van der Waals surface area contributed by atoms with Crippen LogP contribution in [0.3, 0.4) is 0 Å². The molecule has 2 N–H and O–H groups in total. The molecule has 0 bridgehead atoms. The van der Waals surface area contributed by atoms with E-state index in [1.54, 1.807) is 0 Å². The number of aliphatic hydroxyl groups excluding tert-OH is 2. The number of hydrogen-bond acceptors (Lipinski definition) is 4. The SMILES string of the molecule is C[C@]12C[C@H](N3CCCCC3)[C@H](O)C[C@@H]1CC[C@@H]1[C@@H]2CC[C@]2(C)[C@@H](O)[C@@H](N3CCCCC3)C[C@@H]12. The zero-order valence-corrected chi connectivity index (χ0v) is 21.4. The highest BCUT2D eigenvalue weighted by atomic mass is 16.3. The Labute approximate surface area is 202 Å². The molecule has 4 nitrogen and oxygen atoms in total. The maximum atomic E-state index is 11.6. The van der Waals surface area contributed by atoms with Gasteiger partial charge >= 0.3 is 0 Å². The minimum atomic E-state index is -0.138. The molecule has 4 saturated carbocycles. The van der Waals surface area contributed by atoms with Gasteiger partial charge in [-0.1, -0.05) is 26.7 Å². The molecule has 0 spiro atoms. The quantitative estimate of drug-likeness (QED) is 0.631. The summed E-state index contributed by atoms with van der Waals surface area (Å²) < 4.78 is 0. The van der Waals surface area contributed by atoms with Gasteiger partial charge in [0.2, 0.25) is 0 Å². The van der Waals surface area contributed by atoms with E-state index in [1.165, 1.54) is 103 Å². The first kappa shape index (κ1) is 23.3. The van der Waals surface area contributed by atoms with Gasteiger partial charge in [-0.2, -0.15) is 0 Å². The summed E-state index contributed by atoms with van der Waals surface area (Å²) in [5.74, 6) is 2.97. The number of piperidine rings is 2. The van der Waals surface area contributed by atoms with E-state index in [9.17, 15) is 10.2 Å². The normalized spacial score (nSPS) is 53.8. The fourth-order valence-electron chi connectivity index (χ4n) is 10.5. The molecule has 0 radical (unpaired) electrons. The molecule has 188 valence electrons. The number of hydrogen-bond donors (Lipinski definition) is 2. The zero-order chi connectivity index (χ0) is 22.8. The van der Waals surface area contributed by atoms with Crippen molar-refractivity contribution in [1.29, 1.82) is 0 Å². The van der Waals surface area contributed by atoms with Crippen molar-refractivity contribution in [2.75, 3.05) is 26.2 Å². The summed E-state index contributed by atoms with van der Waals surface area (Å²) in [6.45, 7) is 9.88. The van der Waals surface area contributed by atoms with E-state index >= 15 is 0 Å². The molecule has 6 aliphatic rings. The number of rotatable bonds is 2. The minimum absolute atomic E-state index is 0.118. The van der Waals surface area contributed by atoms with Gasteiger partial charge in [0.05, 0.1) is 12.2 Å². The third-order valence-corrected chi connectivity index (χ3v) is 12.4. The van der Waals surface area contributed by atoms with Crippen LogP contribution in [0.2, 0.25) is 0 Å². The second-order valence-corrected chi connectivity index (χ2v) is 13.7. The zero-order valence-electron chi connectivity index (χ0n) is 21.4. The molecule has 0 aromatic heterocycles. The number of nitrogens with zero attached hydrogens (tertiary/aromatic N) is 2. The lowest BCUT2D eigenvalue weighted by atomic mass is 9.44. The molecule has 0 amide bonds.